The van der Waals surface area contributed by atoms with Crippen LogP contribution in [0.5, 0.6) is 5.75 Å². The maximum Gasteiger partial charge on any atom is 0.253 e. The topological polar surface area (TPSA) is 96.1 Å². The molecule has 2 aromatic rings. The summed E-state index contributed by atoms with van der Waals surface area (Å²) in [4.78, 5) is 33.8. The zero-order valence-corrected chi connectivity index (χ0v) is 25.7. The van der Waals surface area contributed by atoms with Gasteiger partial charge in [-0.2, -0.15) is 0 Å². The van der Waals surface area contributed by atoms with Crippen molar-refractivity contribution in [2.24, 2.45) is 0 Å². The number of carbonyl (C=O) groups is 1. The molecule has 2 N–H and O–H groups in total. The minimum Gasteiger partial charge on any atom is -0.490 e. The maximum absolute atomic E-state index is 13.6. The Labute approximate surface area is 252 Å². The molecule has 228 valence electrons. The molecular weight excluding hydrogens is 556 g/mol. The number of halogens is 1. The van der Waals surface area contributed by atoms with Gasteiger partial charge in [0.25, 0.3) is 11.5 Å². The molecule has 1 aromatic carbocycles. The number of aromatic nitrogens is 1. The highest BCUT2D eigenvalue weighted by atomic mass is 35.5. The van der Waals surface area contributed by atoms with Crippen LogP contribution in [-0.4, -0.2) is 79.0 Å². The van der Waals surface area contributed by atoms with E-state index in [1.54, 1.807) is 6.07 Å². The summed E-state index contributed by atoms with van der Waals surface area (Å²) < 4.78 is 18.2. The van der Waals surface area contributed by atoms with Gasteiger partial charge >= 0.3 is 0 Å². The zero-order valence-electron chi connectivity index (χ0n) is 24.9. The lowest BCUT2D eigenvalue weighted by atomic mass is 9.87. The molecule has 2 atom stereocenters. The highest BCUT2D eigenvalue weighted by Crippen LogP contribution is 2.39. The molecular formula is C32H43ClN4O5. The normalized spacial score (nSPS) is 26.1. The summed E-state index contributed by atoms with van der Waals surface area (Å²) in [5.41, 5.74) is 3.13. The summed E-state index contributed by atoms with van der Waals surface area (Å²) in [7, 11) is 0. The van der Waals surface area contributed by atoms with Gasteiger partial charge in [0.05, 0.1) is 28.5 Å². The number of nitrogens with zero attached hydrogens (tertiary/aromatic N) is 2. The van der Waals surface area contributed by atoms with Gasteiger partial charge in [0.1, 0.15) is 11.9 Å². The van der Waals surface area contributed by atoms with Gasteiger partial charge in [-0.1, -0.05) is 11.6 Å². The van der Waals surface area contributed by atoms with Crippen molar-refractivity contribution < 1.29 is 19.0 Å². The molecule has 1 aromatic heterocycles. The van der Waals surface area contributed by atoms with Crippen LogP contribution in [0, 0.1) is 13.8 Å². The molecule has 2 unspecified atom stereocenters. The molecule has 1 aliphatic carbocycles. The Balaban J connectivity index is 1.21. The number of pyridine rings is 1. The van der Waals surface area contributed by atoms with Gasteiger partial charge in [0.2, 0.25) is 0 Å². The average Bonchev–Trinajstić information content (AvgIpc) is 3.29. The maximum atomic E-state index is 13.6. The van der Waals surface area contributed by atoms with E-state index in [4.69, 9.17) is 25.8 Å². The number of ether oxygens (including phenoxy) is 3. The number of nitrogens with one attached hydrogen (secondary N) is 2. The molecule has 1 saturated carbocycles. The average molecular weight is 599 g/mol. The quantitative estimate of drug-likeness (QED) is 0.443. The second-order valence-corrected chi connectivity index (χ2v) is 12.7. The Kier molecular flexibility index (Phi) is 8.82. The van der Waals surface area contributed by atoms with Gasteiger partial charge in [-0.05, 0) is 64.2 Å². The number of hydrogen-bond acceptors (Lipinski definition) is 7. The van der Waals surface area contributed by atoms with Gasteiger partial charge in [-0.3, -0.25) is 14.5 Å². The molecule has 42 heavy (non-hydrogen) atoms. The van der Waals surface area contributed by atoms with E-state index in [-0.39, 0.29) is 30.2 Å². The molecule has 4 fully saturated rings. The van der Waals surface area contributed by atoms with Crippen LogP contribution < -0.4 is 20.5 Å². The van der Waals surface area contributed by atoms with Crippen molar-refractivity contribution in [3.05, 3.63) is 56.0 Å². The van der Waals surface area contributed by atoms with E-state index in [1.807, 2.05) is 26.0 Å². The van der Waals surface area contributed by atoms with Crippen LogP contribution in [0.2, 0.25) is 5.02 Å². The predicted octanol–water partition coefficient (Wildman–Crippen LogP) is 4.35. The monoisotopic (exact) mass is 598 g/mol. The van der Waals surface area contributed by atoms with E-state index in [1.165, 1.54) is 12.8 Å². The molecule has 2 bridgehead atoms. The van der Waals surface area contributed by atoms with Crippen molar-refractivity contribution in [1.82, 2.24) is 15.2 Å². The van der Waals surface area contributed by atoms with Gasteiger partial charge in [-0.15, -0.1) is 0 Å². The minimum atomic E-state index is -0.329. The number of anilines is 1. The number of rotatable bonds is 9. The fraction of sp³-hybridized carbons (Fsp3) is 0.625. The van der Waals surface area contributed by atoms with E-state index < -0.39 is 0 Å². The van der Waals surface area contributed by atoms with Gasteiger partial charge < -0.3 is 29.4 Å². The molecule has 9 nitrogen and oxygen atoms in total. The van der Waals surface area contributed by atoms with E-state index in [0.29, 0.717) is 53.4 Å². The number of H-pyrrole nitrogens is 1. The van der Waals surface area contributed by atoms with Crippen molar-refractivity contribution in [2.45, 2.75) is 96.2 Å². The van der Waals surface area contributed by atoms with Crippen LogP contribution in [0.15, 0.2) is 23.0 Å². The van der Waals surface area contributed by atoms with Gasteiger partial charge in [0, 0.05) is 81.6 Å². The summed E-state index contributed by atoms with van der Waals surface area (Å²) in [6.45, 7) is 10.1. The molecule has 0 radical (unpaired) electrons. The number of amides is 1. The molecule has 4 aliphatic rings. The summed E-state index contributed by atoms with van der Waals surface area (Å²) in [5, 5.41) is 3.34. The molecule has 6 rings (SSSR count). The Bertz CT molecular complexity index is 1340. The first-order valence-corrected chi connectivity index (χ1v) is 15.9. The molecule has 0 spiro atoms. The van der Waals surface area contributed by atoms with Crippen LogP contribution in [-0.2, 0) is 16.0 Å². The molecule has 4 heterocycles. The third-order valence-corrected chi connectivity index (χ3v) is 9.83. The zero-order chi connectivity index (χ0) is 29.4. The van der Waals surface area contributed by atoms with Crippen molar-refractivity contribution in [2.75, 3.05) is 37.7 Å². The lowest BCUT2D eigenvalue weighted by Crippen LogP contribution is -2.55. The molecule has 1 amide bonds. The third-order valence-electron chi connectivity index (χ3n) is 9.43. The number of aryl methyl sites for hydroxylation is 2. The van der Waals surface area contributed by atoms with Crippen molar-refractivity contribution in [3.8, 4) is 5.75 Å². The van der Waals surface area contributed by atoms with E-state index in [9.17, 15) is 9.59 Å². The number of likely N-dealkylation sites (tertiary alicyclic amines) is 1. The van der Waals surface area contributed by atoms with Crippen LogP contribution in [0.4, 0.5) is 5.69 Å². The lowest BCUT2D eigenvalue weighted by molar-refractivity contribution is -0.0818. The van der Waals surface area contributed by atoms with Crippen LogP contribution >= 0.6 is 11.6 Å². The van der Waals surface area contributed by atoms with E-state index >= 15 is 0 Å². The van der Waals surface area contributed by atoms with Crippen molar-refractivity contribution in [1.29, 1.82) is 0 Å². The summed E-state index contributed by atoms with van der Waals surface area (Å²) >= 11 is 7.00. The predicted molar refractivity (Wildman–Crippen MR) is 163 cm³/mol. The molecule has 3 saturated heterocycles. The highest BCUT2D eigenvalue weighted by Gasteiger charge is 2.42. The highest BCUT2D eigenvalue weighted by molar-refractivity contribution is 6.36. The number of fused-ring (bicyclic) bond motifs is 2. The fourth-order valence-electron chi connectivity index (χ4n) is 7.08. The SMILES string of the molecule is CCN(c1cc(O[C@H]2C[C@H](N3CC4CCC(C3)O4)C2)cc(C(=O)NCc2c(C)cc(C)[nH]c2=O)c1Cl)C1CCOCC1. The first-order valence-electron chi connectivity index (χ1n) is 15.5. The first kappa shape index (κ1) is 29.5. The van der Waals surface area contributed by atoms with E-state index in [2.05, 4.69) is 27.0 Å². The first-order chi connectivity index (χ1) is 20.3. The van der Waals surface area contributed by atoms with Crippen molar-refractivity contribution >= 4 is 23.2 Å². The second-order valence-electron chi connectivity index (χ2n) is 12.3. The van der Waals surface area contributed by atoms with Crippen molar-refractivity contribution in [3.63, 3.8) is 0 Å². The summed E-state index contributed by atoms with van der Waals surface area (Å²) in [6, 6.07) is 6.44. The fourth-order valence-corrected chi connectivity index (χ4v) is 7.39. The Morgan fingerprint density at radius 1 is 1.12 bits per heavy atom. The summed E-state index contributed by atoms with van der Waals surface area (Å²) in [6.07, 6.45) is 6.93. The largest absolute Gasteiger partial charge is 0.490 e. The van der Waals surface area contributed by atoms with Gasteiger partial charge in [-0.25, -0.2) is 0 Å². The number of hydrogen-bond donors (Lipinski definition) is 2. The second kappa shape index (κ2) is 12.6. The number of morpholine rings is 1. The number of carbonyl (C=O) groups excluding carboxylic acids is 1. The number of benzene rings is 1. The standard InChI is InChI=1S/C32H43ClN4O5/c1-4-37(21-7-9-40-10-8-21)29-15-26(42-25-12-22(13-25)36-17-23-5-6-24(18-36)41-23)14-27(30(29)33)31(38)34-16-28-19(2)11-20(3)35-32(28)39/h11,14-15,21-25H,4-10,12-13,16-18H2,1-3H3,(H,34,38)(H,35,39)/t22-,23?,24?,25-. The van der Waals surface area contributed by atoms with Crippen LogP contribution in [0.3, 0.4) is 0 Å². The molecule has 3 aliphatic heterocycles. The third kappa shape index (κ3) is 6.20. The smallest absolute Gasteiger partial charge is 0.253 e. The number of aromatic amines is 1. The minimum absolute atomic E-state index is 0.0901. The Morgan fingerprint density at radius 3 is 2.50 bits per heavy atom. The van der Waals surface area contributed by atoms with Crippen LogP contribution in [0.1, 0.15) is 72.6 Å². The van der Waals surface area contributed by atoms with Crippen LogP contribution in [0.25, 0.3) is 0 Å². The Hall–Kier alpha value is -2.59. The molecule has 10 heteroatoms. The Morgan fingerprint density at radius 2 is 1.83 bits per heavy atom. The lowest BCUT2D eigenvalue weighted by Gasteiger charge is -2.45. The summed E-state index contributed by atoms with van der Waals surface area (Å²) in [5.74, 6) is 0.323. The van der Waals surface area contributed by atoms with E-state index in [0.717, 1.165) is 62.3 Å². The van der Waals surface area contributed by atoms with Gasteiger partial charge in [0.15, 0.2) is 0 Å².